The number of hydrogen-bond donors (Lipinski definition) is 1. The van der Waals surface area contributed by atoms with Gasteiger partial charge in [-0.15, -0.1) is 0 Å². The van der Waals surface area contributed by atoms with Gasteiger partial charge in [-0.05, 0) is 31.0 Å². The van der Waals surface area contributed by atoms with Crippen LogP contribution in [0.4, 0.5) is 5.82 Å². The molecule has 0 saturated carbocycles. The molecular formula is C18H21N5O2. The van der Waals surface area contributed by atoms with Gasteiger partial charge in [0.2, 0.25) is 0 Å². The van der Waals surface area contributed by atoms with Crippen LogP contribution in [0.5, 0.6) is 5.75 Å². The molecule has 1 N–H and O–H groups in total. The van der Waals surface area contributed by atoms with Gasteiger partial charge in [-0.25, -0.2) is 9.97 Å². The van der Waals surface area contributed by atoms with E-state index in [2.05, 4.69) is 26.0 Å². The number of nitrogens with zero attached hydrogens (tertiary/aromatic N) is 5. The molecule has 0 amide bonds. The summed E-state index contributed by atoms with van der Waals surface area (Å²) in [5, 5.41) is 15.5. The van der Waals surface area contributed by atoms with E-state index in [9.17, 15) is 5.11 Å². The van der Waals surface area contributed by atoms with Gasteiger partial charge in [0.05, 0.1) is 30.8 Å². The first-order valence-corrected chi connectivity index (χ1v) is 8.32. The smallest absolute Gasteiger partial charge is 0.163 e. The van der Waals surface area contributed by atoms with Gasteiger partial charge in [0, 0.05) is 13.6 Å². The van der Waals surface area contributed by atoms with E-state index in [0.717, 1.165) is 28.2 Å². The molecule has 1 saturated heterocycles. The molecule has 0 radical (unpaired) electrons. The van der Waals surface area contributed by atoms with Crippen LogP contribution in [0, 0.1) is 6.92 Å². The zero-order valence-electron chi connectivity index (χ0n) is 14.5. The molecule has 2 aromatic heterocycles. The van der Waals surface area contributed by atoms with Gasteiger partial charge in [-0.3, -0.25) is 4.68 Å². The van der Waals surface area contributed by atoms with Crippen molar-refractivity contribution >= 4 is 16.9 Å². The number of ether oxygens (including phenoxy) is 1. The molecular weight excluding hydrogens is 318 g/mol. The van der Waals surface area contributed by atoms with Crippen molar-refractivity contribution in [1.29, 1.82) is 0 Å². The number of rotatable bonds is 3. The molecule has 130 valence electrons. The first-order chi connectivity index (χ1) is 12.1. The third-order valence-electron chi connectivity index (χ3n) is 4.71. The highest BCUT2D eigenvalue weighted by Crippen LogP contribution is 2.38. The highest BCUT2D eigenvalue weighted by atomic mass is 16.5. The molecule has 0 aliphatic carbocycles. The highest BCUT2D eigenvalue weighted by molar-refractivity contribution is 5.87. The molecule has 3 aromatic rings. The largest absolute Gasteiger partial charge is 0.497 e. The maximum atomic E-state index is 10.3. The molecule has 3 heterocycles. The number of benzene rings is 1. The number of aryl methyl sites for hydroxylation is 2. The molecule has 2 atom stereocenters. The van der Waals surface area contributed by atoms with Gasteiger partial charge < -0.3 is 14.7 Å². The summed E-state index contributed by atoms with van der Waals surface area (Å²) in [5.41, 5.74) is 1.90. The lowest BCUT2D eigenvalue weighted by Crippen LogP contribution is -2.26. The number of fused-ring (bicyclic) bond motifs is 1. The third kappa shape index (κ3) is 2.70. The van der Waals surface area contributed by atoms with Crippen molar-refractivity contribution < 1.29 is 9.84 Å². The molecule has 1 aliphatic heterocycles. The minimum absolute atomic E-state index is 0.0304. The fourth-order valence-electron chi connectivity index (χ4n) is 3.54. The lowest BCUT2D eigenvalue weighted by molar-refractivity contribution is 0.194. The minimum Gasteiger partial charge on any atom is -0.497 e. The molecule has 1 aromatic carbocycles. The van der Waals surface area contributed by atoms with E-state index in [1.54, 1.807) is 18.0 Å². The Labute approximate surface area is 145 Å². The summed E-state index contributed by atoms with van der Waals surface area (Å²) in [6, 6.07) is 8.01. The molecule has 2 unspecified atom stereocenters. The second-order valence-corrected chi connectivity index (χ2v) is 6.43. The van der Waals surface area contributed by atoms with Crippen LogP contribution >= 0.6 is 0 Å². The van der Waals surface area contributed by atoms with Crippen LogP contribution < -0.4 is 9.64 Å². The van der Waals surface area contributed by atoms with Crippen molar-refractivity contribution in [2.75, 3.05) is 18.6 Å². The zero-order chi connectivity index (χ0) is 17.6. The van der Waals surface area contributed by atoms with E-state index >= 15 is 0 Å². The third-order valence-corrected chi connectivity index (χ3v) is 4.71. The van der Waals surface area contributed by atoms with Gasteiger partial charge in [0.25, 0.3) is 0 Å². The van der Waals surface area contributed by atoms with Crippen LogP contribution in [-0.2, 0) is 7.05 Å². The Bertz CT molecular complexity index is 923. The molecule has 4 rings (SSSR count). The van der Waals surface area contributed by atoms with Crippen LogP contribution in [0.1, 0.15) is 23.9 Å². The predicted octanol–water partition coefficient (Wildman–Crippen LogP) is 1.99. The van der Waals surface area contributed by atoms with Gasteiger partial charge >= 0.3 is 0 Å². The maximum Gasteiger partial charge on any atom is 0.163 e. The van der Waals surface area contributed by atoms with E-state index < -0.39 is 6.10 Å². The van der Waals surface area contributed by atoms with E-state index in [0.29, 0.717) is 18.8 Å². The Morgan fingerprint density at radius 1 is 1.28 bits per heavy atom. The molecule has 0 bridgehead atoms. The Morgan fingerprint density at radius 3 is 2.92 bits per heavy atom. The van der Waals surface area contributed by atoms with E-state index in [1.807, 2.05) is 32.2 Å². The van der Waals surface area contributed by atoms with E-state index in [1.165, 1.54) is 0 Å². The number of aliphatic hydroxyl groups is 1. The van der Waals surface area contributed by atoms with Crippen molar-refractivity contribution in [3.63, 3.8) is 0 Å². The molecule has 7 nitrogen and oxygen atoms in total. The Balaban J connectivity index is 1.83. The van der Waals surface area contributed by atoms with E-state index in [4.69, 9.17) is 4.74 Å². The SMILES string of the molecule is COc1cccc(C2CC(O)CN2c2nc(C)nc3c2cnn3C)c1. The number of anilines is 1. The van der Waals surface area contributed by atoms with Crippen molar-refractivity contribution in [2.45, 2.75) is 25.5 Å². The van der Waals surface area contributed by atoms with Crippen LogP contribution in [-0.4, -0.2) is 44.6 Å². The Morgan fingerprint density at radius 2 is 2.12 bits per heavy atom. The number of hydrogen-bond acceptors (Lipinski definition) is 6. The molecule has 1 fully saturated rings. The summed E-state index contributed by atoms with van der Waals surface area (Å²) in [5.74, 6) is 2.32. The van der Waals surface area contributed by atoms with Gasteiger partial charge in [-0.1, -0.05) is 12.1 Å². The first kappa shape index (κ1) is 15.8. The van der Waals surface area contributed by atoms with Crippen molar-refractivity contribution in [3.8, 4) is 5.75 Å². The van der Waals surface area contributed by atoms with Crippen molar-refractivity contribution in [3.05, 3.63) is 41.9 Å². The summed E-state index contributed by atoms with van der Waals surface area (Å²) in [4.78, 5) is 11.3. The zero-order valence-corrected chi connectivity index (χ0v) is 14.5. The van der Waals surface area contributed by atoms with Crippen LogP contribution in [0.15, 0.2) is 30.5 Å². The topological polar surface area (TPSA) is 76.3 Å². The Hall–Kier alpha value is -2.67. The van der Waals surface area contributed by atoms with Crippen molar-refractivity contribution in [1.82, 2.24) is 19.7 Å². The lowest BCUT2D eigenvalue weighted by atomic mass is 10.0. The van der Waals surface area contributed by atoms with Gasteiger partial charge in [0.15, 0.2) is 5.65 Å². The number of β-amino-alcohol motifs (C(OH)–C–C–N with tert-alkyl or cyclic N) is 1. The average molecular weight is 339 g/mol. The number of aliphatic hydroxyl groups excluding tert-OH is 1. The first-order valence-electron chi connectivity index (χ1n) is 8.32. The number of aromatic nitrogens is 4. The second kappa shape index (κ2) is 6.00. The maximum absolute atomic E-state index is 10.3. The van der Waals surface area contributed by atoms with Crippen molar-refractivity contribution in [2.24, 2.45) is 7.05 Å². The lowest BCUT2D eigenvalue weighted by Gasteiger charge is -2.26. The second-order valence-electron chi connectivity index (χ2n) is 6.43. The highest BCUT2D eigenvalue weighted by Gasteiger charge is 2.34. The monoisotopic (exact) mass is 339 g/mol. The fourth-order valence-corrected chi connectivity index (χ4v) is 3.54. The summed E-state index contributed by atoms with van der Waals surface area (Å²) in [6.07, 6.45) is 2.04. The van der Waals surface area contributed by atoms with E-state index in [-0.39, 0.29) is 6.04 Å². The normalized spacial score (nSPS) is 20.4. The Kier molecular flexibility index (Phi) is 3.80. The fraction of sp³-hybridized carbons (Fsp3) is 0.389. The average Bonchev–Trinajstić information content (AvgIpc) is 3.18. The minimum atomic E-state index is -0.404. The van der Waals surface area contributed by atoms with Crippen LogP contribution in [0.2, 0.25) is 0 Å². The summed E-state index contributed by atoms with van der Waals surface area (Å²) < 4.78 is 7.11. The summed E-state index contributed by atoms with van der Waals surface area (Å²) in [6.45, 7) is 2.41. The number of methoxy groups -OCH3 is 1. The molecule has 25 heavy (non-hydrogen) atoms. The quantitative estimate of drug-likeness (QED) is 0.786. The van der Waals surface area contributed by atoms with Crippen LogP contribution in [0.25, 0.3) is 11.0 Å². The molecule has 0 spiro atoms. The molecule has 1 aliphatic rings. The molecule has 7 heteroatoms. The van der Waals surface area contributed by atoms with Crippen LogP contribution in [0.3, 0.4) is 0 Å². The summed E-state index contributed by atoms with van der Waals surface area (Å²) >= 11 is 0. The van der Waals surface area contributed by atoms with Gasteiger partial charge in [-0.2, -0.15) is 5.10 Å². The summed E-state index contributed by atoms with van der Waals surface area (Å²) in [7, 11) is 3.53. The standard InChI is InChI=1S/C18H21N5O2/c1-11-20-17-15(9-19-22(17)2)18(21-11)23-10-13(24)8-16(23)12-5-4-6-14(7-12)25-3/h4-7,9,13,16,24H,8,10H2,1-3H3. The predicted molar refractivity (Wildman–Crippen MR) is 94.7 cm³/mol. The van der Waals surface area contributed by atoms with Gasteiger partial charge in [0.1, 0.15) is 17.4 Å².